The second-order valence-corrected chi connectivity index (χ2v) is 8.68. The molecule has 1 aliphatic rings. The molecule has 0 radical (unpaired) electrons. The van der Waals surface area contributed by atoms with Gasteiger partial charge in [0.15, 0.2) is 9.84 Å². The van der Waals surface area contributed by atoms with Gasteiger partial charge in [0.05, 0.1) is 16.7 Å². The van der Waals surface area contributed by atoms with Crippen molar-refractivity contribution in [1.29, 1.82) is 0 Å². The molecule has 1 rings (SSSR count). The van der Waals surface area contributed by atoms with Crippen LogP contribution in [0.25, 0.3) is 0 Å². The number of carbonyl (C=O) groups excluding carboxylic acids is 1. The van der Waals surface area contributed by atoms with Crippen molar-refractivity contribution in [2.24, 2.45) is 5.92 Å². The second kappa shape index (κ2) is 6.12. The molecule has 1 fully saturated rings. The van der Waals surface area contributed by atoms with E-state index in [1.54, 1.807) is 0 Å². The van der Waals surface area contributed by atoms with Crippen LogP contribution in [0.2, 0.25) is 0 Å². The molecule has 124 valence electrons. The Labute approximate surface area is 122 Å². The normalized spacial score (nSPS) is 24.7. The van der Waals surface area contributed by atoms with E-state index in [-0.39, 0.29) is 25.9 Å². The lowest BCUT2D eigenvalue weighted by Gasteiger charge is -2.31. The minimum Gasteiger partial charge on any atom is -0.353 e. The molecule has 0 bridgehead atoms. The van der Waals surface area contributed by atoms with Crippen molar-refractivity contribution in [3.05, 3.63) is 0 Å². The Bertz CT molecular complexity index is 480. The predicted octanol–water partition coefficient (Wildman–Crippen LogP) is 0.856. The number of nitrogens with one attached hydrogen (secondary N) is 2. The summed E-state index contributed by atoms with van der Waals surface area (Å²) in [6.07, 6.45) is -3.21. The summed E-state index contributed by atoms with van der Waals surface area (Å²) >= 11 is 0. The summed E-state index contributed by atoms with van der Waals surface area (Å²) in [5.41, 5.74) is 0. The number of carbonyl (C=O) groups is 1. The largest absolute Gasteiger partial charge is 0.393 e. The van der Waals surface area contributed by atoms with Gasteiger partial charge in [0, 0.05) is 19.3 Å². The van der Waals surface area contributed by atoms with Gasteiger partial charge in [0.1, 0.15) is 0 Å². The summed E-state index contributed by atoms with van der Waals surface area (Å²) in [5.74, 6) is -1.90. The first-order valence-corrected chi connectivity index (χ1v) is 8.51. The highest BCUT2D eigenvalue weighted by Gasteiger charge is 2.42. The molecular weight excluding hydrogens is 309 g/mol. The van der Waals surface area contributed by atoms with Crippen molar-refractivity contribution < 1.29 is 26.4 Å². The number of sulfone groups is 1. The van der Waals surface area contributed by atoms with Crippen LogP contribution in [0.3, 0.4) is 0 Å². The van der Waals surface area contributed by atoms with E-state index in [4.69, 9.17) is 0 Å². The third-order valence-corrected chi connectivity index (χ3v) is 6.04. The van der Waals surface area contributed by atoms with Gasteiger partial charge in [0.25, 0.3) is 0 Å². The zero-order chi connectivity index (χ0) is 16.5. The van der Waals surface area contributed by atoms with E-state index in [0.29, 0.717) is 0 Å². The number of rotatable bonds is 4. The maximum Gasteiger partial charge on any atom is 0.393 e. The van der Waals surface area contributed by atoms with Gasteiger partial charge in [0.2, 0.25) is 5.91 Å². The minimum absolute atomic E-state index is 0.0778. The standard InChI is InChI=1S/C12H21F3N2O3S/c1-11(2,21(3,19)20)7-17-10(18)9-5-4-8(6-16-9)12(13,14)15/h8-9,16H,4-7H2,1-3H3,(H,17,18). The highest BCUT2D eigenvalue weighted by atomic mass is 32.2. The fraction of sp³-hybridized carbons (Fsp3) is 0.917. The Morgan fingerprint density at radius 1 is 1.29 bits per heavy atom. The van der Waals surface area contributed by atoms with Crippen molar-refractivity contribution in [2.45, 2.75) is 43.7 Å². The van der Waals surface area contributed by atoms with Crippen molar-refractivity contribution >= 4 is 15.7 Å². The Morgan fingerprint density at radius 2 is 1.86 bits per heavy atom. The Kier molecular flexibility index (Phi) is 5.31. The minimum atomic E-state index is -4.26. The van der Waals surface area contributed by atoms with Crippen LogP contribution >= 0.6 is 0 Å². The van der Waals surface area contributed by atoms with Gasteiger partial charge in [-0.1, -0.05) is 0 Å². The average Bonchev–Trinajstić information content (AvgIpc) is 2.34. The molecule has 21 heavy (non-hydrogen) atoms. The van der Waals surface area contributed by atoms with E-state index in [9.17, 15) is 26.4 Å². The van der Waals surface area contributed by atoms with Gasteiger partial charge in [-0.3, -0.25) is 4.79 Å². The van der Waals surface area contributed by atoms with Crippen molar-refractivity contribution in [1.82, 2.24) is 10.6 Å². The molecule has 1 amide bonds. The molecule has 5 nitrogen and oxygen atoms in total. The van der Waals surface area contributed by atoms with Gasteiger partial charge in [-0.2, -0.15) is 13.2 Å². The van der Waals surface area contributed by atoms with E-state index >= 15 is 0 Å². The number of halogens is 3. The van der Waals surface area contributed by atoms with Gasteiger partial charge in [-0.05, 0) is 26.7 Å². The second-order valence-electron chi connectivity index (χ2n) is 6.03. The van der Waals surface area contributed by atoms with E-state index < -0.39 is 38.6 Å². The number of hydrogen-bond donors (Lipinski definition) is 2. The summed E-state index contributed by atoms with van der Waals surface area (Å²) < 4.78 is 59.4. The Balaban J connectivity index is 2.49. The summed E-state index contributed by atoms with van der Waals surface area (Å²) in [7, 11) is -3.34. The van der Waals surface area contributed by atoms with Crippen LogP contribution < -0.4 is 10.6 Å². The topological polar surface area (TPSA) is 75.3 Å². The lowest BCUT2D eigenvalue weighted by Crippen LogP contribution is -2.53. The van der Waals surface area contributed by atoms with Crippen LogP contribution in [-0.2, 0) is 14.6 Å². The summed E-state index contributed by atoms with van der Waals surface area (Å²) in [6.45, 7) is 2.59. The molecule has 9 heteroatoms. The maximum absolute atomic E-state index is 12.5. The van der Waals surface area contributed by atoms with E-state index in [0.717, 1.165) is 6.26 Å². The molecule has 1 saturated heterocycles. The summed E-state index contributed by atoms with van der Waals surface area (Å²) in [4.78, 5) is 11.9. The summed E-state index contributed by atoms with van der Waals surface area (Å²) in [6, 6.07) is -0.709. The SMILES string of the molecule is CC(C)(CNC(=O)C1CCC(C(F)(F)F)CN1)S(C)(=O)=O. The van der Waals surface area contributed by atoms with E-state index in [2.05, 4.69) is 10.6 Å². The van der Waals surface area contributed by atoms with Crippen LogP contribution in [0.5, 0.6) is 0 Å². The molecule has 0 aromatic heterocycles. The van der Waals surface area contributed by atoms with E-state index in [1.165, 1.54) is 13.8 Å². The first kappa shape index (κ1) is 18.2. The first-order valence-electron chi connectivity index (χ1n) is 6.62. The number of piperidine rings is 1. The van der Waals surface area contributed by atoms with Gasteiger partial charge >= 0.3 is 6.18 Å². The third-order valence-electron chi connectivity index (χ3n) is 3.89. The Morgan fingerprint density at radius 3 is 2.24 bits per heavy atom. The molecule has 0 aromatic rings. The summed E-state index contributed by atoms with van der Waals surface area (Å²) in [5, 5.41) is 5.06. The monoisotopic (exact) mass is 330 g/mol. The Hall–Kier alpha value is -0.830. The molecule has 2 atom stereocenters. The fourth-order valence-corrected chi connectivity index (χ4v) is 2.25. The molecule has 1 aliphatic heterocycles. The van der Waals surface area contributed by atoms with Gasteiger partial charge in [-0.15, -0.1) is 0 Å². The van der Waals surface area contributed by atoms with Crippen LogP contribution in [-0.4, -0.2) is 50.6 Å². The molecule has 0 saturated carbocycles. The molecule has 0 spiro atoms. The van der Waals surface area contributed by atoms with Crippen molar-refractivity contribution in [2.75, 3.05) is 19.3 Å². The number of alkyl halides is 3. The number of hydrogen-bond acceptors (Lipinski definition) is 4. The van der Waals surface area contributed by atoms with Crippen LogP contribution in [0, 0.1) is 5.92 Å². The third kappa shape index (κ3) is 4.84. The molecule has 0 aromatic carbocycles. The molecule has 1 heterocycles. The quantitative estimate of drug-likeness (QED) is 0.802. The smallest absolute Gasteiger partial charge is 0.353 e. The molecular formula is C12H21F3N2O3S. The lowest BCUT2D eigenvalue weighted by atomic mass is 9.94. The average molecular weight is 330 g/mol. The molecule has 2 unspecified atom stereocenters. The van der Waals surface area contributed by atoms with Crippen LogP contribution in [0.4, 0.5) is 13.2 Å². The van der Waals surface area contributed by atoms with Gasteiger partial charge in [-0.25, -0.2) is 8.42 Å². The van der Waals surface area contributed by atoms with Crippen molar-refractivity contribution in [3.8, 4) is 0 Å². The van der Waals surface area contributed by atoms with Crippen LogP contribution in [0.15, 0.2) is 0 Å². The fourth-order valence-electron chi connectivity index (χ4n) is 1.91. The highest BCUT2D eigenvalue weighted by Crippen LogP contribution is 2.31. The van der Waals surface area contributed by atoms with Crippen LogP contribution in [0.1, 0.15) is 26.7 Å². The predicted molar refractivity (Wildman–Crippen MR) is 72.5 cm³/mol. The zero-order valence-electron chi connectivity index (χ0n) is 12.3. The molecule has 0 aliphatic carbocycles. The van der Waals surface area contributed by atoms with Gasteiger partial charge < -0.3 is 10.6 Å². The molecule has 2 N–H and O–H groups in total. The lowest BCUT2D eigenvalue weighted by molar-refractivity contribution is -0.180. The number of amides is 1. The zero-order valence-corrected chi connectivity index (χ0v) is 13.1. The highest BCUT2D eigenvalue weighted by molar-refractivity contribution is 7.92. The van der Waals surface area contributed by atoms with E-state index in [1.807, 2.05) is 0 Å². The first-order chi connectivity index (χ1) is 9.34. The van der Waals surface area contributed by atoms with Crippen molar-refractivity contribution in [3.63, 3.8) is 0 Å². The maximum atomic E-state index is 12.5.